The highest BCUT2D eigenvalue weighted by Crippen LogP contribution is 2.55. The Morgan fingerprint density at radius 3 is 2.74 bits per heavy atom. The summed E-state index contributed by atoms with van der Waals surface area (Å²) in [7, 11) is 0. The van der Waals surface area contributed by atoms with Crippen LogP contribution in [0, 0.1) is 25.6 Å². The molecule has 2 amide bonds. The second-order valence-corrected chi connectivity index (χ2v) is 8.60. The summed E-state index contributed by atoms with van der Waals surface area (Å²) in [6, 6.07) is 4.37. The van der Waals surface area contributed by atoms with Gasteiger partial charge in [-0.1, -0.05) is 12.1 Å². The van der Waals surface area contributed by atoms with Crippen LogP contribution in [0.25, 0.3) is 11.4 Å². The normalized spacial score (nSPS) is 24.6. The Bertz CT molecular complexity index is 1150. The molecule has 31 heavy (non-hydrogen) atoms. The van der Waals surface area contributed by atoms with E-state index >= 15 is 0 Å². The number of urea groups is 1. The Hall–Kier alpha value is -3.36. The van der Waals surface area contributed by atoms with Crippen molar-refractivity contribution in [3.8, 4) is 11.4 Å². The third kappa shape index (κ3) is 3.15. The number of amides is 2. The number of benzene rings is 1. The van der Waals surface area contributed by atoms with E-state index in [1.807, 2.05) is 0 Å². The average molecular weight is 422 g/mol. The van der Waals surface area contributed by atoms with Crippen LogP contribution in [-0.2, 0) is 5.54 Å². The maximum absolute atomic E-state index is 14.8. The smallest absolute Gasteiger partial charge is 0.323 e. The molecule has 3 heterocycles. The Morgan fingerprint density at radius 2 is 2.03 bits per heavy atom. The van der Waals surface area contributed by atoms with E-state index in [0.717, 1.165) is 19.3 Å². The lowest BCUT2D eigenvalue weighted by Gasteiger charge is -2.61. The lowest BCUT2D eigenvalue weighted by atomic mass is 9.64. The van der Waals surface area contributed by atoms with E-state index in [1.54, 1.807) is 43.3 Å². The zero-order valence-corrected chi connectivity index (χ0v) is 17.6. The second kappa shape index (κ2) is 7.11. The molecule has 1 saturated carbocycles. The highest BCUT2D eigenvalue weighted by molar-refractivity contribution is 5.92. The number of anilines is 1. The molecular formula is C22H23FN6O2. The summed E-state index contributed by atoms with van der Waals surface area (Å²) >= 11 is 0. The molecule has 1 aromatic carbocycles. The van der Waals surface area contributed by atoms with Crippen molar-refractivity contribution < 1.29 is 13.7 Å². The van der Waals surface area contributed by atoms with Crippen LogP contribution >= 0.6 is 0 Å². The minimum atomic E-state index is -0.639. The predicted molar refractivity (Wildman–Crippen MR) is 111 cm³/mol. The first-order chi connectivity index (χ1) is 14.9. The van der Waals surface area contributed by atoms with Crippen LogP contribution in [0.2, 0.25) is 0 Å². The summed E-state index contributed by atoms with van der Waals surface area (Å²) in [5, 5.41) is 6.68. The number of hydrogen-bond acceptors (Lipinski definition) is 6. The topological polar surface area (TPSA) is 97.0 Å². The van der Waals surface area contributed by atoms with E-state index in [1.165, 1.54) is 6.07 Å². The molecule has 2 fully saturated rings. The zero-order chi connectivity index (χ0) is 21.8. The van der Waals surface area contributed by atoms with Gasteiger partial charge >= 0.3 is 6.03 Å². The summed E-state index contributed by atoms with van der Waals surface area (Å²) in [5.74, 6) is 1.37. The summed E-state index contributed by atoms with van der Waals surface area (Å²) in [4.78, 5) is 28.0. The fourth-order valence-corrected chi connectivity index (χ4v) is 5.06. The first-order valence-corrected chi connectivity index (χ1v) is 10.4. The molecule has 0 radical (unpaired) electrons. The van der Waals surface area contributed by atoms with Crippen molar-refractivity contribution >= 4 is 11.7 Å². The van der Waals surface area contributed by atoms with E-state index in [-0.39, 0.29) is 17.8 Å². The van der Waals surface area contributed by atoms with Crippen molar-refractivity contribution in [1.29, 1.82) is 0 Å². The second-order valence-electron chi connectivity index (χ2n) is 8.60. The number of nitrogens with zero attached hydrogens (tertiary/aromatic N) is 5. The Kier molecular flexibility index (Phi) is 4.49. The molecular weight excluding hydrogens is 399 g/mol. The van der Waals surface area contributed by atoms with E-state index in [2.05, 4.69) is 32.3 Å². The molecule has 1 aliphatic heterocycles. The maximum Gasteiger partial charge on any atom is 0.323 e. The van der Waals surface area contributed by atoms with Crippen molar-refractivity contribution in [2.75, 3.05) is 5.32 Å². The average Bonchev–Trinajstić information content (AvgIpc) is 3.17. The highest BCUT2D eigenvalue weighted by atomic mass is 19.1. The molecule has 0 unspecified atom stereocenters. The largest absolute Gasteiger partial charge is 0.337 e. The number of piperidine rings is 1. The molecule has 5 rings (SSSR count). The Morgan fingerprint density at radius 1 is 1.26 bits per heavy atom. The van der Waals surface area contributed by atoms with Crippen molar-refractivity contribution in [1.82, 2.24) is 25.0 Å². The van der Waals surface area contributed by atoms with Gasteiger partial charge in [0.25, 0.3) is 5.89 Å². The van der Waals surface area contributed by atoms with Crippen LogP contribution in [-0.4, -0.2) is 37.1 Å². The van der Waals surface area contributed by atoms with Gasteiger partial charge in [-0.05, 0) is 56.4 Å². The number of halogens is 1. The molecule has 1 aliphatic carbocycles. The van der Waals surface area contributed by atoms with E-state index in [0.29, 0.717) is 34.6 Å². The third-order valence-corrected chi connectivity index (χ3v) is 6.27. The SMILES string of the molecule is Cc1noc([C@]23C[C@@H](C)C[C@H](C2)N3C(=O)Nc2cc(-c3ncccn3)c(C)cc2F)n1. The number of hydrogen-bond donors (Lipinski definition) is 1. The van der Waals surface area contributed by atoms with Crippen LogP contribution in [0.5, 0.6) is 0 Å². The first kappa shape index (κ1) is 19.6. The third-order valence-electron chi connectivity index (χ3n) is 6.27. The maximum atomic E-state index is 14.8. The van der Waals surface area contributed by atoms with E-state index in [9.17, 15) is 9.18 Å². The van der Waals surface area contributed by atoms with Gasteiger partial charge < -0.3 is 14.7 Å². The molecule has 160 valence electrons. The number of carbonyl (C=O) groups excluding carboxylic acids is 1. The molecule has 3 aromatic rings. The monoisotopic (exact) mass is 422 g/mol. The minimum absolute atomic E-state index is 0.0568. The van der Waals surface area contributed by atoms with Crippen molar-refractivity contribution in [3.63, 3.8) is 0 Å². The van der Waals surface area contributed by atoms with Gasteiger partial charge in [0.15, 0.2) is 11.6 Å². The van der Waals surface area contributed by atoms with E-state index < -0.39 is 11.4 Å². The number of fused-ring (bicyclic) bond motifs is 2. The molecule has 2 aromatic heterocycles. The standard InChI is InChI=1S/C22H23FN6O2/c1-12-7-15-11-22(10-12,20-26-14(3)28-31-20)29(15)21(30)27-18-9-16(13(2)8-17(18)23)19-24-5-4-6-25-19/h4-6,8-9,12,15H,7,10-11H2,1-3H3,(H,27,30)/t12-,15+,22-/m0/s1. The summed E-state index contributed by atoms with van der Waals surface area (Å²) < 4.78 is 20.2. The first-order valence-electron chi connectivity index (χ1n) is 10.4. The van der Waals surface area contributed by atoms with Gasteiger partial charge in [-0.25, -0.2) is 19.2 Å². The van der Waals surface area contributed by atoms with Gasteiger partial charge in [-0.15, -0.1) is 0 Å². The number of carbonyl (C=O) groups is 1. The lowest BCUT2D eigenvalue weighted by molar-refractivity contribution is -0.112. The number of rotatable bonds is 3. The number of aryl methyl sites for hydroxylation is 2. The van der Waals surface area contributed by atoms with Crippen LogP contribution in [0.1, 0.15) is 43.5 Å². The van der Waals surface area contributed by atoms with Gasteiger partial charge in [0.1, 0.15) is 11.4 Å². The fourth-order valence-electron chi connectivity index (χ4n) is 5.06. The molecule has 1 saturated heterocycles. The van der Waals surface area contributed by atoms with Gasteiger partial charge in [0.05, 0.1) is 5.69 Å². The lowest BCUT2D eigenvalue weighted by Crippen LogP contribution is -2.70. The van der Waals surface area contributed by atoms with E-state index in [4.69, 9.17) is 4.52 Å². The van der Waals surface area contributed by atoms with Gasteiger partial charge in [-0.3, -0.25) is 0 Å². The van der Waals surface area contributed by atoms with Crippen LogP contribution in [0.15, 0.2) is 35.1 Å². The summed E-state index contributed by atoms with van der Waals surface area (Å²) in [6.45, 7) is 5.70. The minimum Gasteiger partial charge on any atom is -0.337 e. The fraction of sp³-hybridized carbons (Fsp3) is 0.409. The van der Waals surface area contributed by atoms with Gasteiger partial charge in [0, 0.05) is 30.4 Å². The van der Waals surface area contributed by atoms with Crippen molar-refractivity contribution in [3.05, 3.63) is 53.7 Å². The van der Waals surface area contributed by atoms with Crippen molar-refractivity contribution in [2.45, 2.75) is 51.6 Å². The van der Waals surface area contributed by atoms with Crippen LogP contribution in [0.4, 0.5) is 14.9 Å². The highest BCUT2D eigenvalue weighted by Gasteiger charge is 2.62. The number of likely N-dealkylation sites (tertiary alicyclic amines) is 1. The molecule has 8 nitrogen and oxygen atoms in total. The number of nitrogens with one attached hydrogen (secondary N) is 1. The molecule has 9 heteroatoms. The molecule has 0 spiro atoms. The van der Waals surface area contributed by atoms with Crippen LogP contribution < -0.4 is 5.32 Å². The predicted octanol–water partition coefficient (Wildman–Crippen LogP) is 4.21. The Balaban J connectivity index is 1.46. The Labute approximate surface area is 178 Å². The van der Waals surface area contributed by atoms with Gasteiger partial charge in [-0.2, -0.15) is 4.98 Å². The molecule has 2 bridgehead atoms. The van der Waals surface area contributed by atoms with Crippen molar-refractivity contribution in [2.24, 2.45) is 5.92 Å². The molecule has 3 atom stereocenters. The summed E-state index contributed by atoms with van der Waals surface area (Å²) in [6.07, 6.45) is 5.65. The van der Waals surface area contributed by atoms with Crippen LogP contribution in [0.3, 0.4) is 0 Å². The summed E-state index contributed by atoms with van der Waals surface area (Å²) in [5.41, 5.74) is 0.805. The van der Waals surface area contributed by atoms with Gasteiger partial charge in [0.2, 0.25) is 0 Å². The number of aromatic nitrogens is 4. The molecule has 2 aliphatic rings. The zero-order valence-electron chi connectivity index (χ0n) is 17.6. The quantitative estimate of drug-likeness (QED) is 0.679. The molecule has 1 N–H and O–H groups in total.